The highest BCUT2D eigenvalue weighted by Crippen LogP contribution is 2.20. The number of quaternary nitrogens is 1. The molecule has 1 aliphatic rings. The molecule has 0 aromatic heterocycles. The molecule has 5 nitrogen and oxygen atoms in total. The van der Waals surface area contributed by atoms with Gasteiger partial charge in [-0.15, -0.1) is 0 Å². The zero-order valence-electron chi connectivity index (χ0n) is 17.4. The van der Waals surface area contributed by atoms with E-state index in [0.717, 1.165) is 30.6 Å². The van der Waals surface area contributed by atoms with E-state index in [1.165, 1.54) is 4.90 Å². The first kappa shape index (κ1) is 21.1. The molecule has 3 rings (SSSR count). The minimum Gasteiger partial charge on any atom is -0.344 e. The van der Waals surface area contributed by atoms with Gasteiger partial charge in [0.15, 0.2) is 6.54 Å². The van der Waals surface area contributed by atoms with Crippen LogP contribution in [0, 0.1) is 5.92 Å². The number of benzene rings is 2. The molecule has 29 heavy (non-hydrogen) atoms. The first-order chi connectivity index (χ1) is 14.0. The van der Waals surface area contributed by atoms with E-state index in [4.69, 9.17) is 0 Å². The maximum absolute atomic E-state index is 12.7. The van der Waals surface area contributed by atoms with Crippen molar-refractivity contribution >= 4 is 11.8 Å². The van der Waals surface area contributed by atoms with Crippen molar-refractivity contribution in [2.45, 2.75) is 26.3 Å². The van der Waals surface area contributed by atoms with Crippen LogP contribution in [-0.4, -0.2) is 49.4 Å². The standard InChI is InChI=1S/C24H31N3O2/c1-19(2)17-22(20-9-5-3-6-10-20)25-23(28)18-26-13-15-27(16-14-26)24(29)21-11-7-4-8-12-21/h3-12,19,22H,13-18H2,1-2H3,(H,25,28)/p+1/t22-/m1/s1. The summed E-state index contributed by atoms with van der Waals surface area (Å²) in [4.78, 5) is 28.4. The summed E-state index contributed by atoms with van der Waals surface area (Å²) in [6.45, 7) is 7.77. The largest absolute Gasteiger partial charge is 0.344 e. The van der Waals surface area contributed by atoms with Gasteiger partial charge in [-0.05, 0) is 30.0 Å². The summed E-state index contributed by atoms with van der Waals surface area (Å²) in [6, 6.07) is 19.6. The Balaban J connectivity index is 1.50. The summed E-state index contributed by atoms with van der Waals surface area (Å²) in [7, 11) is 0. The molecule has 2 aromatic carbocycles. The highest BCUT2D eigenvalue weighted by molar-refractivity contribution is 5.94. The van der Waals surface area contributed by atoms with E-state index in [9.17, 15) is 9.59 Å². The van der Waals surface area contributed by atoms with E-state index in [0.29, 0.717) is 25.6 Å². The van der Waals surface area contributed by atoms with Gasteiger partial charge in [0.05, 0.1) is 32.2 Å². The zero-order chi connectivity index (χ0) is 20.6. The van der Waals surface area contributed by atoms with E-state index in [2.05, 4.69) is 31.3 Å². The van der Waals surface area contributed by atoms with Crippen LogP contribution in [0.1, 0.15) is 42.2 Å². The molecule has 1 atom stereocenters. The van der Waals surface area contributed by atoms with Crippen LogP contribution >= 0.6 is 0 Å². The third-order valence-corrected chi connectivity index (χ3v) is 5.43. The third kappa shape index (κ3) is 6.16. The number of nitrogens with zero attached hydrogens (tertiary/aromatic N) is 1. The molecular weight excluding hydrogens is 362 g/mol. The molecular formula is C24H32N3O2+. The monoisotopic (exact) mass is 394 g/mol. The quantitative estimate of drug-likeness (QED) is 0.754. The summed E-state index contributed by atoms with van der Waals surface area (Å²) in [5, 5.41) is 3.23. The first-order valence-electron chi connectivity index (χ1n) is 10.5. The molecule has 0 unspecified atom stereocenters. The van der Waals surface area contributed by atoms with Crippen molar-refractivity contribution in [3.05, 3.63) is 71.8 Å². The van der Waals surface area contributed by atoms with Crippen LogP contribution in [0.2, 0.25) is 0 Å². The van der Waals surface area contributed by atoms with Crippen LogP contribution in [-0.2, 0) is 4.79 Å². The Bertz CT molecular complexity index is 784. The van der Waals surface area contributed by atoms with Gasteiger partial charge in [0, 0.05) is 5.56 Å². The lowest BCUT2D eigenvalue weighted by atomic mass is 9.97. The van der Waals surface area contributed by atoms with Crippen molar-refractivity contribution in [3.63, 3.8) is 0 Å². The normalized spacial score (nSPS) is 15.9. The Morgan fingerprint density at radius 2 is 1.55 bits per heavy atom. The maximum atomic E-state index is 12.7. The van der Waals surface area contributed by atoms with Gasteiger partial charge in [-0.1, -0.05) is 62.4 Å². The van der Waals surface area contributed by atoms with Crippen LogP contribution < -0.4 is 10.2 Å². The van der Waals surface area contributed by atoms with E-state index >= 15 is 0 Å². The van der Waals surface area contributed by atoms with E-state index < -0.39 is 0 Å². The van der Waals surface area contributed by atoms with Gasteiger partial charge in [0.2, 0.25) is 0 Å². The molecule has 1 fully saturated rings. The van der Waals surface area contributed by atoms with E-state index in [1.807, 2.05) is 53.4 Å². The van der Waals surface area contributed by atoms with E-state index in [-0.39, 0.29) is 17.9 Å². The van der Waals surface area contributed by atoms with Gasteiger partial charge in [0.25, 0.3) is 11.8 Å². The smallest absolute Gasteiger partial charge is 0.275 e. The summed E-state index contributed by atoms with van der Waals surface area (Å²) in [6.07, 6.45) is 0.921. The average Bonchev–Trinajstić information content (AvgIpc) is 2.74. The number of piperazine rings is 1. The van der Waals surface area contributed by atoms with E-state index in [1.54, 1.807) is 0 Å². The second-order valence-corrected chi connectivity index (χ2v) is 8.25. The molecule has 2 N–H and O–H groups in total. The number of carbonyl (C=O) groups is 2. The van der Waals surface area contributed by atoms with Crippen LogP contribution in [0.25, 0.3) is 0 Å². The number of hydrogen-bond donors (Lipinski definition) is 2. The Hall–Kier alpha value is -2.66. The molecule has 1 aliphatic heterocycles. The minimum atomic E-state index is 0.0454. The molecule has 0 bridgehead atoms. The van der Waals surface area contributed by atoms with Crippen molar-refractivity contribution in [2.75, 3.05) is 32.7 Å². The molecule has 0 saturated carbocycles. The molecule has 1 saturated heterocycles. The Labute approximate surface area is 173 Å². The number of nitrogens with one attached hydrogen (secondary N) is 2. The Morgan fingerprint density at radius 3 is 2.14 bits per heavy atom. The summed E-state index contributed by atoms with van der Waals surface area (Å²) in [5.41, 5.74) is 1.89. The van der Waals surface area contributed by atoms with Crippen LogP contribution in [0.5, 0.6) is 0 Å². The summed E-state index contributed by atoms with van der Waals surface area (Å²) in [5.74, 6) is 0.660. The fourth-order valence-electron chi connectivity index (χ4n) is 3.87. The Kier molecular flexibility index (Phi) is 7.42. The van der Waals surface area contributed by atoms with Crippen molar-refractivity contribution < 1.29 is 14.5 Å². The molecule has 1 heterocycles. The van der Waals surface area contributed by atoms with Crippen LogP contribution in [0.3, 0.4) is 0 Å². The van der Waals surface area contributed by atoms with Gasteiger partial charge < -0.3 is 15.1 Å². The maximum Gasteiger partial charge on any atom is 0.275 e. The van der Waals surface area contributed by atoms with Crippen molar-refractivity contribution in [1.29, 1.82) is 0 Å². The topological polar surface area (TPSA) is 53.9 Å². The van der Waals surface area contributed by atoms with Crippen molar-refractivity contribution in [2.24, 2.45) is 5.92 Å². The average molecular weight is 395 g/mol. The van der Waals surface area contributed by atoms with Gasteiger partial charge in [0.1, 0.15) is 0 Å². The predicted octanol–water partition coefficient (Wildman–Crippen LogP) is 1.93. The fraction of sp³-hybridized carbons (Fsp3) is 0.417. The molecule has 0 spiro atoms. The van der Waals surface area contributed by atoms with Crippen molar-refractivity contribution in [1.82, 2.24) is 10.2 Å². The minimum absolute atomic E-state index is 0.0454. The lowest BCUT2D eigenvalue weighted by Gasteiger charge is -2.32. The molecule has 2 aromatic rings. The highest BCUT2D eigenvalue weighted by atomic mass is 16.2. The van der Waals surface area contributed by atoms with Crippen molar-refractivity contribution in [3.8, 4) is 0 Å². The second kappa shape index (κ2) is 10.2. The molecule has 0 radical (unpaired) electrons. The van der Waals surface area contributed by atoms with Gasteiger partial charge in [-0.2, -0.15) is 0 Å². The Morgan fingerprint density at radius 1 is 0.966 bits per heavy atom. The second-order valence-electron chi connectivity index (χ2n) is 8.25. The zero-order valence-corrected chi connectivity index (χ0v) is 17.4. The number of amides is 2. The molecule has 2 amide bonds. The fourth-order valence-corrected chi connectivity index (χ4v) is 3.87. The lowest BCUT2D eigenvalue weighted by molar-refractivity contribution is -0.896. The van der Waals surface area contributed by atoms with Crippen LogP contribution in [0.15, 0.2) is 60.7 Å². The lowest BCUT2D eigenvalue weighted by Crippen LogP contribution is -3.15. The summed E-state index contributed by atoms with van der Waals surface area (Å²) < 4.78 is 0. The number of hydrogen-bond acceptors (Lipinski definition) is 2. The third-order valence-electron chi connectivity index (χ3n) is 5.43. The predicted molar refractivity (Wildman–Crippen MR) is 115 cm³/mol. The van der Waals surface area contributed by atoms with Gasteiger partial charge in [-0.25, -0.2) is 0 Å². The number of rotatable bonds is 7. The highest BCUT2D eigenvalue weighted by Gasteiger charge is 2.26. The molecule has 5 heteroatoms. The molecule has 154 valence electrons. The number of carbonyl (C=O) groups excluding carboxylic acids is 2. The van der Waals surface area contributed by atoms with Gasteiger partial charge in [-0.3, -0.25) is 9.59 Å². The SMILES string of the molecule is CC(C)C[C@@H](NC(=O)C[NH+]1CCN(C(=O)c2ccccc2)CC1)c1ccccc1. The first-order valence-corrected chi connectivity index (χ1v) is 10.5. The summed E-state index contributed by atoms with van der Waals surface area (Å²) >= 11 is 0. The van der Waals surface area contributed by atoms with Crippen LogP contribution in [0.4, 0.5) is 0 Å². The molecule has 0 aliphatic carbocycles. The van der Waals surface area contributed by atoms with Gasteiger partial charge >= 0.3 is 0 Å².